The Kier molecular flexibility index (Phi) is 2.84. The average molecular weight is 320 g/mol. The van der Waals surface area contributed by atoms with Crippen LogP contribution in [0.1, 0.15) is 21.5 Å². The maximum atomic E-state index is 12.2. The lowest BCUT2D eigenvalue weighted by Crippen LogP contribution is -1.93. The summed E-state index contributed by atoms with van der Waals surface area (Å²) in [7, 11) is 0. The van der Waals surface area contributed by atoms with Crippen molar-refractivity contribution >= 4 is 38.9 Å². The van der Waals surface area contributed by atoms with E-state index in [4.69, 9.17) is 11.6 Å². The third-order valence-corrected chi connectivity index (χ3v) is 3.97. The molecule has 1 aliphatic rings. The van der Waals surface area contributed by atoms with Crippen LogP contribution in [0, 0.1) is 0 Å². The van der Waals surface area contributed by atoms with Crippen molar-refractivity contribution in [2.75, 3.05) is 0 Å². The number of carbonyl (C=O) groups is 1. The first-order chi connectivity index (χ1) is 8.68. The molecule has 1 aliphatic carbocycles. The van der Waals surface area contributed by atoms with Crippen LogP contribution in [0.2, 0.25) is 5.02 Å². The molecular formula is C15H8BrClO. The molecule has 0 saturated heterocycles. The Hall–Kier alpha value is -1.38. The van der Waals surface area contributed by atoms with Gasteiger partial charge in [0.05, 0.1) is 4.48 Å². The van der Waals surface area contributed by atoms with Gasteiger partial charge in [-0.2, -0.15) is 0 Å². The minimum Gasteiger partial charge on any atom is -0.288 e. The molecule has 3 heteroatoms. The molecule has 1 nitrogen and oxygen atoms in total. The summed E-state index contributed by atoms with van der Waals surface area (Å²) in [6.45, 7) is 0. The largest absolute Gasteiger partial charge is 0.288 e. The molecule has 0 bridgehead atoms. The van der Waals surface area contributed by atoms with Gasteiger partial charge in [-0.1, -0.05) is 48.0 Å². The van der Waals surface area contributed by atoms with Gasteiger partial charge in [-0.15, -0.1) is 0 Å². The highest BCUT2D eigenvalue weighted by Gasteiger charge is 2.28. The first kappa shape index (κ1) is 11.7. The average Bonchev–Trinajstić information content (AvgIpc) is 2.64. The lowest BCUT2D eigenvalue weighted by molar-refractivity contribution is 0.104. The molecule has 0 amide bonds. The molecule has 0 spiro atoms. The number of rotatable bonds is 1. The van der Waals surface area contributed by atoms with E-state index in [0.29, 0.717) is 15.1 Å². The van der Waals surface area contributed by atoms with Crippen molar-refractivity contribution in [2.24, 2.45) is 0 Å². The summed E-state index contributed by atoms with van der Waals surface area (Å²) in [4.78, 5) is 12.2. The number of allylic oxidation sites excluding steroid dienone is 1. The monoisotopic (exact) mass is 318 g/mol. The van der Waals surface area contributed by atoms with Crippen LogP contribution in [-0.2, 0) is 0 Å². The highest BCUT2D eigenvalue weighted by Crippen LogP contribution is 2.40. The van der Waals surface area contributed by atoms with Crippen molar-refractivity contribution in [3.63, 3.8) is 0 Å². The molecule has 0 N–H and O–H groups in total. The van der Waals surface area contributed by atoms with E-state index in [-0.39, 0.29) is 5.78 Å². The first-order valence-electron chi connectivity index (χ1n) is 5.48. The molecule has 0 fully saturated rings. The van der Waals surface area contributed by atoms with E-state index < -0.39 is 0 Å². The molecule has 0 saturated carbocycles. The van der Waals surface area contributed by atoms with Crippen molar-refractivity contribution in [3.8, 4) is 0 Å². The Morgan fingerprint density at radius 3 is 2.39 bits per heavy atom. The fourth-order valence-corrected chi connectivity index (χ4v) is 2.99. The SMILES string of the molecule is O=C1C(Br)=C(c2ccccc2)c2ccc(Cl)cc21. The smallest absolute Gasteiger partial charge is 0.201 e. The number of Topliss-reactive ketones (excluding diaryl/α,β-unsaturated/α-hetero) is 1. The second kappa shape index (κ2) is 4.38. The second-order valence-corrected chi connectivity index (χ2v) is 5.30. The number of carbonyl (C=O) groups excluding carboxylic acids is 1. The number of benzene rings is 2. The van der Waals surface area contributed by atoms with Gasteiger partial charge in [-0.25, -0.2) is 0 Å². The molecule has 0 atom stereocenters. The van der Waals surface area contributed by atoms with E-state index in [0.717, 1.165) is 16.7 Å². The van der Waals surface area contributed by atoms with E-state index >= 15 is 0 Å². The topological polar surface area (TPSA) is 17.1 Å². The van der Waals surface area contributed by atoms with Gasteiger partial charge in [-0.05, 0) is 39.2 Å². The van der Waals surface area contributed by atoms with E-state index in [9.17, 15) is 4.79 Å². The highest BCUT2D eigenvalue weighted by atomic mass is 79.9. The van der Waals surface area contributed by atoms with Crippen LogP contribution in [0.15, 0.2) is 53.0 Å². The van der Waals surface area contributed by atoms with Crippen molar-refractivity contribution in [3.05, 3.63) is 74.7 Å². The van der Waals surface area contributed by atoms with Crippen molar-refractivity contribution in [1.29, 1.82) is 0 Å². The molecule has 0 aromatic heterocycles. The zero-order valence-electron chi connectivity index (χ0n) is 9.28. The third kappa shape index (κ3) is 1.73. The van der Waals surface area contributed by atoms with Gasteiger partial charge in [0.15, 0.2) is 0 Å². The molecule has 0 aliphatic heterocycles. The number of hydrogen-bond acceptors (Lipinski definition) is 1. The van der Waals surface area contributed by atoms with Gasteiger partial charge in [0.1, 0.15) is 0 Å². The Morgan fingerprint density at radius 2 is 1.67 bits per heavy atom. The standard InChI is InChI=1S/C15H8BrClO/c16-14-13(9-4-2-1-3-5-9)11-7-6-10(17)8-12(11)15(14)18/h1-8H. The van der Waals surface area contributed by atoms with Crippen molar-refractivity contribution in [2.45, 2.75) is 0 Å². The van der Waals surface area contributed by atoms with E-state index in [1.807, 2.05) is 42.5 Å². The molecule has 2 aromatic rings. The van der Waals surface area contributed by atoms with E-state index in [1.54, 1.807) is 6.07 Å². The van der Waals surface area contributed by atoms with Crippen molar-refractivity contribution < 1.29 is 4.79 Å². The summed E-state index contributed by atoms with van der Waals surface area (Å²) in [5, 5.41) is 0.580. The molecular weight excluding hydrogens is 312 g/mol. The molecule has 0 unspecified atom stereocenters. The summed E-state index contributed by atoms with van der Waals surface area (Å²) in [5.74, 6) is -0.00801. The van der Waals surface area contributed by atoms with Gasteiger partial charge in [0, 0.05) is 16.2 Å². The fourth-order valence-electron chi connectivity index (χ4n) is 2.16. The molecule has 18 heavy (non-hydrogen) atoms. The van der Waals surface area contributed by atoms with Gasteiger partial charge in [0.2, 0.25) is 5.78 Å². The molecule has 2 aromatic carbocycles. The summed E-state index contributed by atoms with van der Waals surface area (Å²) in [6, 6.07) is 15.3. The van der Waals surface area contributed by atoms with Gasteiger partial charge in [-0.3, -0.25) is 4.79 Å². The van der Waals surface area contributed by atoms with Crippen LogP contribution in [0.3, 0.4) is 0 Å². The third-order valence-electron chi connectivity index (χ3n) is 2.98. The normalized spacial score (nSPS) is 14.0. The zero-order chi connectivity index (χ0) is 12.7. The maximum absolute atomic E-state index is 12.2. The van der Waals surface area contributed by atoms with Crippen molar-refractivity contribution in [1.82, 2.24) is 0 Å². The molecule has 0 heterocycles. The molecule has 0 radical (unpaired) electrons. The first-order valence-corrected chi connectivity index (χ1v) is 6.65. The summed E-state index contributed by atoms with van der Waals surface area (Å²) in [5.41, 5.74) is 3.56. The minimum atomic E-state index is -0.00801. The lowest BCUT2D eigenvalue weighted by atomic mass is 9.99. The van der Waals surface area contributed by atoms with E-state index in [1.165, 1.54) is 0 Å². The Labute approximate surface area is 118 Å². The number of ketones is 1. The van der Waals surface area contributed by atoms with Gasteiger partial charge in [0.25, 0.3) is 0 Å². The summed E-state index contributed by atoms with van der Waals surface area (Å²) < 4.78 is 0.603. The summed E-state index contributed by atoms with van der Waals surface area (Å²) in [6.07, 6.45) is 0. The number of hydrogen-bond donors (Lipinski definition) is 0. The van der Waals surface area contributed by atoms with Gasteiger partial charge >= 0.3 is 0 Å². The number of fused-ring (bicyclic) bond motifs is 1. The fraction of sp³-hybridized carbons (Fsp3) is 0. The number of halogens is 2. The minimum absolute atomic E-state index is 0.00801. The Balaban J connectivity index is 2.26. The van der Waals surface area contributed by atoms with Crippen LogP contribution in [-0.4, -0.2) is 5.78 Å². The Bertz CT molecular complexity index is 674. The lowest BCUT2D eigenvalue weighted by Gasteiger charge is -2.05. The molecule has 88 valence electrons. The van der Waals surface area contributed by atoms with E-state index in [2.05, 4.69) is 15.9 Å². The van der Waals surface area contributed by atoms with Crippen LogP contribution >= 0.6 is 27.5 Å². The van der Waals surface area contributed by atoms with Crippen LogP contribution in [0.25, 0.3) is 5.57 Å². The molecule has 3 rings (SSSR count). The van der Waals surface area contributed by atoms with Crippen LogP contribution in [0.5, 0.6) is 0 Å². The highest BCUT2D eigenvalue weighted by molar-refractivity contribution is 9.12. The Morgan fingerprint density at radius 1 is 0.944 bits per heavy atom. The summed E-state index contributed by atoms with van der Waals surface area (Å²) >= 11 is 9.34. The predicted octanol–water partition coefficient (Wildman–Crippen LogP) is 4.69. The maximum Gasteiger partial charge on any atom is 0.201 e. The zero-order valence-corrected chi connectivity index (χ0v) is 11.6. The predicted molar refractivity (Wildman–Crippen MR) is 77.2 cm³/mol. The van der Waals surface area contributed by atoms with Crippen LogP contribution in [0.4, 0.5) is 0 Å². The van der Waals surface area contributed by atoms with Crippen LogP contribution < -0.4 is 0 Å². The van der Waals surface area contributed by atoms with Gasteiger partial charge < -0.3 is 0 Å². The quantitative estimate of drug-likeness (QED) is 0.745. The second-order valence-electron chi connectivity index (χ2n) is 4.07.